The number of thiophene rings is 1. The third-order valence-corrected chi connectivity index (χ3v) is 6.35. The SMILES string of the molecule is CCC1(CC)NC(=O)C(C)(C)N(Cc2sccc2Br)C1=O. The van der Waals surface area contributed by atoms with E-state index in [2.05, 4.69) is 21.2 Å². The average Bonchev–Trinajstić information content (AvgIpc) is 2.85. The van der Waals surface area contributed by atoms with Crippen LogP contribution in [-0.4, -0.2) is 27.8 Å². The van der Waals surface area contributed by atoms with Crippen molar-refractivity contribution in [3.8, 4) is 0 Å². The Balaban J connectivity index is 2.41. The molecule has 6 heteroatoms. The van der Waals surface area contributed by atoms with Gasteiger partial charge in [0.1, 0.15) is 11.1 Å². The van der Waals surface area contributed by atoms with Crippen molar-refractivity contribution in [2.24, 2.45) is 0 Å². The van der Waals surface area contributed by atoms with Crippen LogP contribution in [0, 0.1) is 0 Å². The number of nitrogens with one attached hydrogen (secondary N) is 1. The van der Waals surface area contributed by atoms with Gasteiger partial charge in [-0.05, 0) is 54.1 Å². The van der Waals surface area contributed by atoms with Crippen LogP contribution in [0.1, 0.15) is 45.4 Å². The molecule has 0 radical (unpaired) electrons. The van der Waals surface area contributed by atoms with Gasteiger partial charge < -0.3 is 10.2 Å². The van der Waals surface area contributed by atoms with Gasteiger partial charge in [0.2, 0.25) is 11.8 Å². The molecule has 0 bridgehead atoms. The first-order chi connectivity index (χ1) is 9.78. The molecule has 0 unspecified atom stereocenters. The topological polar surface area (TPSA) is 49.4 Å². The highest BCUT2D eigenvalue weighted by molar-refractivity contribution is 9.10. The molecule has 1 aromatic heterocycles. The van der Waals surface area contributed by atoms with Crippen LogP contribution in [0.5, 0.6) is 0 Å². The van der Waals surface area contributed by atoms with E-state index in [1.165, 1.54) is 0 Å². The van der Waals surface area contributed by atoms with Crippen molar-refractivity contribution in [1.29, 1.82) is 0 Å². The van der Waals surface area contributed by atoms with Gasteiger partial charge in [0.25, 0.3) is 0 Å². The predicted octanol–water partition coefficient (Wildman–Crippen LogP) is 3.31. The van der Waals surface area contributed by atoms with Crippen molar-refractivity contribution in [3.05, 3.63) is 20.8 Å². The summed E-state index contributed by atoms with van der Waals surface area (Å²) in [7, 11) is 0. The maximum absolute atomic E-state index is 13.0. The van der Waals surface area contributed by atoms with Gasteiger partial charge in [0.05, 0.1) is 6.54 Å². The first-order valence-corrected chi connectivity index (χ1v) is 8.82. The summed E-state index contributed by atoms with van der Waals surface area (Å²) >= 11 is 5.09. The van der Waals surface area contributed by atoms with Crippen LogP contribution in [0.3, 0.4) is 0 Å². The lowest BCUT2D eigenvalue weighted by Crippen LogP contribution is -2.73. The third kappa shape index (κ3) is 2.63. The van der Waals surface area contributed by atoms with Crippen molar-refractivity contribution in [1.82, 2.24) is 10.2 Å². The maximum Gasteiger partial charge on any atom is 0.249 e. The second-order valence-electron chi connectivity index (χ2n) is 5.89. The van der Waals surface area contributed by atoms with Crippen molar-refractivity contribution >= 4 is 39.1 Å². The lowest BCUT2D eigenvalue weighted by Gasteiger charge is -2.49. The highest BCUT2D eigenvalue weighted by Gasteiger charge is 2.52. The molecule has 1 saturated heterocycles. The largest absolute Gasteiger partial charge is 0.340 e. The van der Waals surface area contributed by atoms with E-state index in [1.54, 1.807) is 30.1 Å². The number of amides is 2. The molecular formula is C15H21BrN2O2S. The molecular weight excluding hydrogens is 352 g/mol. The zero-order valence-electron chi connectivity index (χ0n) is 12.8. The molecule has 1 aliphatic rings. The van der Waals surface area contributed by atoms with Crippen LogP contribution in [0.2, 0.25) is 0 Å². The van der Waals surface area contributed by atoms with E-state index in [0.29, 0.717) is 19.4 Å². The lowest BCUT2D eigenvalue weighted by molar-refractivity contribution is -0.162. The minimum atomic E-state index is -0.839. The molecule has 1 aliphatic heterocycles. The standard InChI is InChI=1S/C15H21BrN2O2S/c1-5-15(6-2)13(20)18(14(3,4)12(19)17-15)9-11-10(16)7-8-21-11/h7-8H,5-6,9H2,1-4H3,(H,17,19). The molecule has 0 aromatic carbocycles. The highest BCUT2D eigenvalue weighted by Crippen LogP contribution is 2.34. The molecule has 4 nitrogen and oxygen atoms in total. The van der Waals surface area contributed by atoms with Gasteiger partial charge in [0.15, 0.2) is 0 Å². The molecule has 2 amide bonds. The minimum Gasteiger partial charge on any atom is -0.340 e. The molecule has 1 fully saturated rings. The number of halogens is 1. The first-order valence-electron chi connectivity index (χ1n) is 7.15. The number of hydrogen-bond donors (Lipinski definition) is 1. The van der Waals surface area contributed by atoms with E-state index in [-0.39, 0.29) is 11.8 Å². The summed E-state index contributed by atoms with van der Waals surface area (Å²) in [5, 5.41) is 4.93. The molecule has 1 N–H and O–H groups in total. The Hall–Kier alpha value is -0.880. The number of hydrogen-bond acceptors (Lipinski definition) is 3. The Bertz CT molecular complexity index is 564. The fraction of sp³-hybridized carbons (Fsp3) is 0.600. The summed E-state index contributed by atoms with van der Waals surface area (Å²) in [5.41, 5.74) is -1.61. The number of carbonyl (C=O) groups excluding carboxylic acids is 2. The number of carbonyl (C=O) groups is 2. The first kappa shape index (κ1) is 16.5. The number of piperazine rings is 1. The van der Waals surface area contributed by atoms with Crippen molar-refractivity contribution < 1.29 is 9.59 Å². The molecule has 0 spiro atoms. The smallest absolute Gasteiger partial charge is 0.249 e. The lowest BCUT2D eigenvalue weighted by atomic mass is 9.83. The fourth-order valence-electron chi connectivity index (χ4n) is 2.64. The quantitative estimate of drug-likeness (QED) is 0.881. The Kier molecular flexibility index (Phi) is 4.49. The van der Waals surface area contributed by atoms with E-state index in [9.17, 15) is 9.59 Å². The highest BCUT2D eigenvalue weighted by atomic mass is 79.9. The van der Waals surface area contributed by atoms with E-state index in [4.69, 9.17) is 0 Å². The van der Waals surface area contributed by atoms with Gasteiger partial charge in [-0.25, -0.2) is 0 Å². The van der Waals surface area contributed by atoms with Gasteiger partial charge in [-0.3, -0.25) is 9.59 Å². The van der Waals surface area contributed by atoms with Crippen molar-refractivity contribution in [2.45, 2.75) is 58.2 Å². The van der Waals surface area contributed by atoms with E-state index in [1.807, 2.05) is 25.3 Å². The molecule has 2 heterocycles. The third-order valence-electron chi connectivity index (χ3n) is 4.44. The zero-order valence-corrected chi connectivity index (χ0v) is 15.2. The fourth-order valence-corrected chi connectivity index (χ4v) is 4.10. The summed E-state index contributed by atoms with van der Waals surface area (Å²) in [4.78, 5) is 28.3. The van der Waals surface area contributed by atoms with Gasteiger partial charge in [-0.15, -0.1) is 11.3 Å². The summed E-state index contributed by atoms with van der Waals surface area (Å²) in [6.45, 7) is 7.95. The van der Waals surface area contributed by atoms with Crippen LogP contribution in [0.15, 0.2) is 15.9 Å². The summed E-state index contributed by atoms with van der Waals surface area (Å²) < 4.78 is 0.987. The van der Waals surface area contributed by atoms with Crippen LogP contribution in [-0.2, 0) is 16.1 Å². The molecule has 0 atom stereocenters. The summed E-state index contributed by atoms with van der Waals surface area (Å²) in [5.74, 6) is -0.0733. The van der Waals surface area contributed by atoms with Gasteiger partial charge in [0, 0.05) is 9.35 Å². The Morgan fingerprint density at radius 3 is 2.38 bits per heavy atom. The molecule has 116 valence electrons. The van der Waals surface area contributed by atoms with Gasteiger partial charge in [-0.1, -0.05) is 13.8 Å². The maximum atomic E-state index is 13.0. The zero-order chi connectivity index (χ0) is 15.8. The van der Waals surface area contributed by atoms with E-state index in [0.717, 1.165) is 9.35 Å². The second-order valence-corrected chi connectivity index (χ2v) is 7.74. The van der Waals surface area contributed by atoms with Crippen LogP contribution < -0.4 is 5.32 Å². The molecule has 0 saturated carbocycles. The number of nitrogens with zero attached hydrogens (tertiary/aromatic N) is 1. The average molecular weight is 373 g/mol. The minimum absolute atomic E-state index is 0.0115. The normalized spacial score (nSPS) is 20.5. The Morgan fingerprint density at radius 1 is 1.29 bits per heavy atom. The summed E-state index contributed by atoms with van der Waals surface area (Å²) in [6, 6.07) is 1.97. The molecule has 0 aliphatic carbocycles. The number of rotatable bonds is 4. The predicted molar refractivity (Wildman–Crippen MR) is 88.1 cm³/mol. The monoisotopic (exact) mass is 372 g/mol. The van der Waals surface area contributed by atoms with Crippen LogP contribution in [0.25, 0.3) is 0 Å². The van der Waals surface area contributed by atoms with E-state index < -0.39 is 11.1 Å². The van der Waals surface area contributed by atoms with Gasteiger partial charge >= 0.3 is 0 Å². The van der Waals surface area contributed by atoms with Crippen LogP contribution in [0.4, 0.5) is 0 Å². The van der Waals surface area contributed by atoms with Gasteiger partial charge in [-0.2, -0.15) is 0 Å². The summed E-state index contributed by atoms with van der Waals surface area (Å²) in [6.07, 6.45) is 1.21. The van der Waals surface area contributed by atoms with Crippen LogP contribution >= 0.6 is 27.3 Å². The van der Waals surface area contributed by atoms with E-state index >= 15 is 0 Å². The second kappa shape index (κ2) is 5.72. The van der Waals surface area contributed by atoms with Crippen molar-refractivity contribution in [2.75, 3.05) is 0 Å². The molecule has 1 aromatic rings. The Morgan fingerprint density at radius 2 is 1.90 bits per heavy atom. The Labute approximate surface area is 138 Å². The van der Waals surface area contributed by atoms with Crippen molar-refractivity contribution in [3.63, 3.8) is 0 Å². The molecule has 21 heavy (non-hydrogen) atoms. The molecule has 2 rings (SSSR count).